The summed E-state index contributed by atoms with van der Waals surface area (Å²) in [6.45, 7) is 4.37. The first-order valence-electron chi connectivity index (χ1n) is 7.95. The molecule has 3 N–H and O–H groups in total. The number of aromatic nitrogens is 2. The number of aromatic amines is 2. The van der Waals surface area contributed by atoms with Gasteiger partial charge in [-0.2, -0.15) is 0 Å². The number of aryl methyl sites for hydroxylation is 1. The zero-order valence-electron chi connectivity index (χ0n) is 13.5. The van der Waals surface area contributed by atoms with Gasteiger partial charge in [0.05, 0.1) is 0 Å². The lowest BCUT2D eigenvalue weighted by atomic mass is 10.1. The predicted molar refractivity (Wildman–Crippen MR) is 91.5 cm³/mol. The van der Waals surface area contributed by atoms with Gasteiger partial charge in [0.2, 0.25) is 0 Å². The molecule has 0 aliphatic carbocycles. The van der Waals surface area contributed by atoms with E-state index in [4.69, 9.17) is 0 Å². The first-order valence-corrected chi connectivity index (χ1v) is 7.95. The summed E-state index contributed by atoms with van der Waals surface area (Å²) in [6, 6.07) is 8.39. The third kappa shape index (κ3) is 3.56. The van der Waals surface area contributed by atoms with Gasteiger partial charge in [-0.15, -0.1) is 0 Å². The van der Waals surface area contributed by atoms with Crippen LogP contribution in [0.25, 0.3) is 0 Å². The zero-order chi connectivity index (χ0) is 17.1. The number of amides is 1. The molecule has 0 radical (unpaired) electrons. The minimum atomic E-state index is -0.677. The Balaban J connectivity index is 1.56. The van der Waals surface area contributed by atoms with Crippen molar-refractivity contribution < 1.29 is 4.79 Å². The van der Waals surface area contributed by atoms with E-state index in [9.17, 15) is 14.4 Å². The second-order valence-corrected chi connectivity index (χ2v) is 6.13. The maximum Gasteiger partial charge on any atom is 0.325 e. The minimum absolute atomic E-state index is 0.0806. The number of H-pyrrole nitrogens is 2. The lowest BCUT2D eigenvalue weighted by molar-refractivity contribution is 0.0946. The molecule has 1 atom stereocenters. The van der Waals surface area contributed by atoms with Crippen LogP contribution < -0.4 is 21.5 Å². The smallest absolute Gasteiger partial charge is 0.325 e. The molecule has 0 spiro atoms. The normalized spacial score (nSPS) is 17.0. The van der Waals surface area contributed by atoms with Crippen molar-refractivity contribution in [2.45, 2.75) is 13.3 Å². The van der Waals surface area contributed by atoms with Gasteiger partial charge in [0, 0.05) is 31.5 Å². The summed E-state index contributed by atoms with van der Waals surface area (Å²) in [6.07, 6.45) is 2.12. The predicted octanol–water partition coefficient (Wildman–Crippen LogP) is 0.628. The molecule has 0 saturated carbocycles. The number of hydrogen-bond acceptors (Lipinski definition) is 4. The van der Waals surface area contributed by atoms with Crippen LogP contribution in [-0.2, 0) is 0 Å². The highest BCUT2D eigenvalue weighted by Crippen LogP contribution is 2.23. The summed E-state index contributed by atoms with van der Waals surface area (Å²) in [7, 11) is 0. The second-order valence-electron chi connectivity index (χ2n) is 6.13. The number of carbonyl (C=O) groups excluding carboxylic acids is 1. The van der Waals surface area contributed by atoms with Crippen molar-refractivity contribution >= 4 is 11.6 Å². The Kier molecular flexibility index (Phi) is 4.50. The number of rotatable bonds is 4. The molecule has 0 unspecified atom stereocenters. The molecule has 24 heavy (non-hydrogen) atoms. The summed E-state index contributed by atoms with van der Waals surface area (Å²) in [5.74, 6) is -0.140. The summed E-state index contributed by atoms with van der Waals surface area (Å²) >= 11 is 0. The highest BCUT2D eigenvalue weighted by atomic mass is 16.2. The third-order valence-corrected chi connectivity index (χ3v) is 4.30. The Morgan fingerprint density at radius 2 is 2.04 bits per heavy atom. The monoisotopic (exact) mass is 328 g/mol. The number of anilines is 1. The SMILES string of the molecule is Cc1ccc(N2CC[C@H](CNC(=O)c3c[nH]c(=O)[nH]c3=O)C2)cc1. The Hall–Kier alpha value is -2.83. The van der Waals surface area contributed by atoms with Crippen molar-refractivity contribution in [1.29, 1.82) is 0 Å². The quantitative estimate of drug-likeness (QED) is 0.766. The highest BCUT2D eigenvalue weighted by Gasteiger charge is 2.23. The van der Waals surface area contributed by atoms with Crippen LogP contribution in [0.15, 0.2) is 40.1 Å². The molecule has 3 rings (SSSR count). The van der Waals surface area contributed by atoms with Gasteiger partial charge in [0.15, 0.2) is 0 Å². The van der Waals surface area contributed by atoms with Crippen LogP contribution in [0, 0.1) is 12.8 Å². The van der Waals surface area contributed by atoms with Gasteiger partial charge in [0.1, 0.15) is 5.56 Å². The number of nitrogens with one attached hydrogen (secondary N) is 3. The summed E-state index contributed by atoms with van der Waals surface area (Å²) in [5, 5.41) is 2.77. The number of nitrogens with zero attached hydrogens (tertiary/aromatic N) is 1. The maximum absolute atomic E-state index is 12.1. The van der Waals surface area contributed by atoms with Crippen molar-refractivity contribution in [1.82, 2.24) is 15.3 Å². The van der Waals surface area contributed by atoms with E-state index >= 15 is 0 Å². The summed E-state index contributed by atoms with van der Waals surface area (Å²) in [5.41, 5.74) is 1.03. The van der Waals surface area contributed by atoms with Gasteiger partial charge in [-0.3, -0.25) is 14.6 Å². The molecule has 1 fully saturated rings. The Labute approximate surface area is 138 Å². The fraction of sp³-hybridized carbons (Fsp3) is 0.353. The van der Waals surface area contributed by atoms with E-state index in [0.29, 0.717) is 12.5 Å². The molecule has 7 heteroatoms. The Morgan fingerprint density at radius 3 is 2.75 bits per heavy atom. The average Bonchev–Trinajstić information content (AvgIpc) is 3.02. The molecule has 126 valence electrons. The standard InChI is InChI=1S/C17H20N4O3/c1-11-2-4-13(5-3-11)21-7-6-12(10-21)8-18-15(22)14-9-19-17(24)20-16(14)23/h2-5,9,12H,6-8,10H2,1H3,(H,18,22)(H2,19,20,23,24)/t12-/m1/s1. The molecule has 1 aromatic carbocycles. The van der Waals surface area contributed by atoms with Crippen molar-refractivity contribution in [3.05, 3.63) is 62.4 Å². The van der Waals surface area contributed by atoms with E-state index < -0.39 is 17.2 Å². The van der Waals surface area contributed by atoms with Crippen LogP contribution >= 0.6 is 0 Å². The van der Waals surface area contributed by atoms with Crippen molar-refractivity contribution in [3.8, 4) is 0 Å². The van der Waals surface area contributed by atoms with Crippen LogP contribution in [-0.4, -0.2) is 35.5 Å². The van der Waals surface area contributed by atoms with Gasteiger partial charge in [-0.05, 0) is 31.4 Å². The zero-order valence-corrected chi connectivity index (χ0v) is 13.5. The molecule has 7 nitrogen and oxygen atoms in total. The molecular weight excluding hydrogens is 308 g/mol. The Bertz CT molecular complexity index is 838. The molecule has 2 heterocycles. The van der Waals surface area contributed by atoms with Crippen molar-refractivity contribution in [2.75, 3.05) is 24.5 Å². The van der Waals surface area contributed by atoms with Gasteiger partial charge in [0.25, 0.3) is 11.5 Å². The van der Waals surface area contributed by atoms with E-state index in [-0.39, 0.29) is 5.56 Å². The lowest BCUT2D eigenvalue weighted by Gasteiger charge is -2.19. The van der Waals surface area contributed by atoms with E-state index in [1.54, 1.807) is 0 Å². The fourth-order valence-electron chi connectivity index (χ4n) is 2.90. The van der Waals surface area contributed by atoms with E-state index in [0.717, 1.165) is 25.7 Å². The topological polar surface area (TPSA) is 98.1 Å². The molecule has 2 aromatic rings. The molecular formula is C17H20N4O3. The molecule has 1 amide bonds. The van der Waals surface area contributed by atoms with Gasteiger partial charge < -0.3 is 15.2 Å². The minimum Gasteiger partial charge on any atom is -0.371 e. The maximum atomic E-state index is 12.1. The molecule has 1 aliphatic heterocycles. The molecule has 1 aromatic heterocycles. The van der Waals surface area contributed by atoms with Crippen LogP contribution in [0.5, 0.6) is 0 Å². The first kappa shape index (κ1) is 16.0. The van der Waals surface area contributed by atoms with Crippen LogP contribution in [0.1, 0.15) is 22.3 Å². The number of hydrogen-bond donors (Lipinski definition) is 3. The van der Waals surface area contributed by atoms with Gasteiger partial charge in [-0.25, -0.2) is 4.79 Å². The van der Waals surface area contributed by atoms with Crippen molar-refractivity contribution in [2.24, 2.45) is 5.92 Å². The van der Waals surface area contributed by atoms with E-state index in [1.165, 1.54) is 11.3 Å². The Morgan fingerprint density at radius 1 is 1.29 bits per heavy atom. The molecule has 0 bridgehead atoms. The second kappa shape index (κ2) is 6.74. The lowest BCUT2D eigenvalue weighted by Crippen LogP contribution is -2.36. The summed E-state index contributed by atoms with van der Waals surface area (Å²) in [4.78, 5) is 41.3. The largest absolute Gasteiger partial charge is 0.371 e. The number of carbonyl (C=O) groups is 1. The first-order chi connectivity index (χ1) is 11.5. The third-order valence-electron chi connectivity index (χ3n) is 4.30. The number of benzene rings is 1. The fourth-order valence-corrected chi connectivity index (χ4v) is 2.90. The highest BCUT2D eigenvalue weighted by molar-refractivity contribution is 5.93. The van der Waals surface area contributed by atoms with Gasteiger partial charge in [-0.1, -0.05) is 17.7 Å². The summed E-state index contributed by atoms with van der Waals surface area (Å²) < 4.78 is 0. The van der Waals surface area contributed by atoms with E-state index in [2.05, 4.69) is 46.4 Å². The molecule has 1 aliphatic rings. The van der Waals surface area contributed by atoms with Gasteiger partial charge >= 0.3 is 5.69 Å². The van der Waals surface area contributed by atoms with Crippen LogP contribution in [0.3, 0.4) is 0 Å². The van der Waals surface area contributed by atoms with Crippen LogP contribution in [0.2, 0.25) is 0 Å². The van der Waals surface area contributed by atoms with E-state index in [1.807, 2.05) is 4.98 Å². The van der Waals surface area contributed by atoms with Crippen LogP contribution in [0.4, 0.5) is 5.69 Å². The molecule has 1 saturated heterocycles. The average molecular weight is 328 g/mol. The van der Waals surface area contributed by atoms with Crippen molar-refractivity contribution in [3.63, 3.8) is 0 Å².